The van der Waals surface area contributed by atoms with Gasteiger partial charge in [0.15, 0.2) is 0 Å². The molecule has 1 aromatic rings. The maximum absolute atomic E-state index is 12.8. The third-order valence-electron chi connectivity index (χ3n) is 1.52. The van der Waals surface area contributed by atoms with Gasteiger partial charge in [-0.2, -0.15) is 0 Å². The summed E-state index contributed by atoms with van der Waals surface area (Å²) in [5, 5.41) is 9.19. The highest BCUT2D eigenvalue weighted by molar-refractivity contribution is 5.27. The molecule has 59 valence electrons. The highest BCUT2D eigenvalue weighted by Gasteiger charge is 2.09. The molecule has 1 aromatic carbocycles. The van der Waals surface area contributed by atoms with Crippen molar-refractivity contribution in [3.8, 4) is 0 Å². The van der Waals surface area contributed by atoms with Crippen LogP contribution in [0.15, 0.2) is 24.3 Å². The second-order valence-electron chi connectivity index (χ2n) is 2.28. The molecule has 1 N–H and O–H groups in total. The van der Waals surface area contributed by atoms with E-state index in [1.807, 2.05) is 0 Å². The van der Waals surface area contributed by atoms with Crippen LogP contribution in [-0.4, -0.2) is 5.11 Å². The van der Waals surface area contributed by atoms with Crippen molar-refractivity contribution < 1.29 is 9.50 Å². The smallest absolute Gasteiger partial charge is 0.129 e. The van der Waals surface area contributed by atoms with Crippen LogP contribution in [0.25, 0.3) is 0 Å². The average molecular weight is 153 g/mol. The summed E-state index contributed by atoms with van der Waals surface area (Å²) in [6, 6.07) is 6.20. The number of hydrogen-bond donors (Lipinski definition) is 1. The van der Waals surface area contributed by atoms with Crippen molar-refractivity contribution in [1.29, 1.82) is 0 Å². The van der Waals surface area contributed by atoms with E-state index in [-0.39, 0.29) is 11.9 Å². The largest absolute Gasteiger partial charge is 0.382 e. The molecule has 0 amide bonds. The standard InChI is InChI=1S/C9H10FO/c1-2-9(11)7-5-3-4-6-8(7)10/h3-6,11H,2H2,1H3. The van der Waals surface area contributed by atoms with Crippen molar-refractivity contribution in [3.05, 3.63) is 41.8 Å². The Morgan fingerprint density at radius 2 is 2.09 bits per heavy atom. The van der Waals surface area contributed by atoms with Gasteiger partial charge >= 0.3 is 0 Å². The first-order valence-electron chi connectivity index (χ1n) is 3.55. The van der Waals surface area contributed by atoms with Crippen LogP contribution < -0.4 is 0 Å². The van der Waals surface area contributed by atoms with E-state index < -0.39 is 0 Å². The van der Waals surface area contributed by atoms with Gasteiger partial charge in [0.1, 0.15) is 11.9 Å². The van der Waals surface area contributed by atoms with Crippen LogP contribution in [0.2, 0.25) is 0 Å². The van der Waals surface area contributed by atoms with Crippen molar-refractivity contribution in [2.24, 2.45) is 0 Å². The molecule has 0 aliphatic rings. The number of hydrogen-bond acceptors (Lipinski definition) is 1. The van der Waals surface area contributed by atoms with Crippen LogP contribution in [0.5, 0.6) is 0 Å². The molecule has 0 bridgehead atoms. The number of aliphatic hydroxyl groups excluding tert-OH is 1. The quantitative estimate of drug-likeness (QED) is 0.692. The zero-order valence-electron chi connectivity index (χ0n) is 6.34. The summed E-state index contributed by atoms with van der Waals surface area (Å²) in [6.07, 6.45) is 0.559. The van der Waals surface area contributed by atoms with E-state index in [0.29, 0.717) is 12.0 Å². The molecule has 1 rings (SSSR count). The Hall–Kier alpha value is -0.890. The fourth-order valence-electron chi connectivity index (χ4n) is 0.886. The highest BCUT2D eigenvalue weighted by atomic mass is 19.1. The van der Waals surface area contributed by atoms with Crippen LogP contribution in [0.3, 0.4) is 0 Å². The zero-order valence-corrected chi connectivity index (χ0v) is 6.34. The fraction of sp³-hybridized carbons (Fsp3) is 0.222. The number of benzene rings is 1. The van der Waals surface area contributed by atoms with Crippen LogP contribution in [0.1, 0.15) is 18.9 Å². The SMILES string of the molecule is CC[C](O)c1ccccc1F. The molecule has 0 atom stereocenters. The first-order chi connectivity index (χ1) is 5.25. The number of rotatable bonds is 2. The summed E-state index contributed by atoms with van der Waals surface area (Å²) in [4.78, 5) is 0. The Labute approximate surface area is 65.5 Å². The van der Waals surface area contributed by atoms with Gasteiger partial charge < -0.3 is 5.11 Å². The van der Waals surface area contributed by atoms with Crippen molar-refractivity contribution >= 4 is 0 Å². The molecular formula is C9H10FO. The molecular weight excluding hydrogens is 143 g/mol. The highest BCUT2D eigenvalue weighted by Crippen LogP contribution is 2.17. The zero-order chi connectivity index (χ0) is 8.27. The molecule has 0 aliphatic carbocycles. The molecule has 0 saturated carbocycles. The molecule has 2 heteroatoms. The van der Waals surface area contributed by atoms with E-state index >= 15 is 0 Å². The van der Waals surface area contributed by atoms with Crippen molar-refractivity contribution in [2.75, 3.05) is 0 Å². The first-order valence-corrected chi connectivity index (χ1v) is 3.55. The summed E-state index contributed by atoms with van der Waals surface area (Å²) in [6.45, 7) is 1.78. The van der Waals surface area contributed by atoms with E-state index in [0.717, 1.165) is 0 Å². The monoisotopic (exact) mass is 153 g/mol. The summed E-state index contributed by atoms with van der Waals surface area (Å²) in [7, 11) is 0. The topological polar surface area (TPSA) is 20.2 Å². The Kier molecular flexibility index (Phi) is 2.60. The lowest BCUT2D eigenvalue weighted by Gasteiger charge is -2.06. The minimum atomic E-state index is -0.369. The van der Waals surface area contributed by atoms with Crippen LogP contribution in [0.4, 0.5) is 4.39 Å². The normalized spacial score (nSPS) is 10.5. The lowest BCUT2D eigenvalue weighted by atomic mass is 10.1. The number of aliphatic hydroxyl groups is 1. The van der Waals surface area contributed by atoms with Crippen molar-refractivity contribution in [2.45, 2.75) is 13.3 Å². The van der Waals surface area contributed by atoms with E-state index in [1.54, 1.807) is 25.1 Å². The van der Waals surface area contributed by atoms with Gasteiger partial charge in [-0.05, 0) is 12.5 Å². The van der Waals surface area contributed by atoms with Gasteiger partial charge in [-0.1, -0.05) is 25.1 Å². The van der Waals surface area contributed by atoms with Gasteiger partial charge in [0.05, 0.1) is 0 Å². The first kappa shape index (κ1) is 8.21. The van der Waals surface area contributed by atoms with E-state index in [2.05, 4.69) is 0 Å². The predicted octanol–water partition coefficient (Wildman–Crippen LogP) is 2.49. The van der Waals surface area contributed by atoms with E-state index in [1.165, 1.54) is 6.07 Å². The van der Waals surface area contributed by atoms with Gasteiger partial charge in [-0.25, -0.2) is 4.39 Å². The van der Waals surface area contributed by atoms with Gasteiger partial charge in [-0.15, -0.1) is 0 Å². The maximum atomic E-state index is 12.8. The van der Waals surface area contributed by atoms with Crippen molar-refractivity contribution in [1.82, 2.24) is 0 Å². The molecule has 0 heterocycles. The Morgan fingerprint density at radius 3 is 2.64 bits per heavy atom. The predicted molar refractivity (Wildman–Crippen MR) is 41.0 cm³/mol. The van der Waals surface area contributed by atoms with Crippen LogP contribution >= 0.6 is 0 Å². The Morgan fingerprint density at radius 1 is 1.45 bits per heavy atom. The Balaban J connectivity index is 2.93. The van der Waals surface area contributed by atoms with Crippen molar-refractivity contribution in [3.63, 3.8) is 0 Å². The Bertz CT molecular complexity index is 235. The second-order valence-corrected chi connectivity index (χ2v) is 2.28. The molecule has 0 saturated heterocycles. The summed E-state index contributed by atoms with van der Waals surface area (Å²) in [5.74, 6) is -0.369. The molecule has 0 fully saturated rings. The lowest BCUT2D eigenvalue weighted by molar-refractivity contribution is 0.313. The summed E-state index contributed by atoms with van der Waals surface area (Å²) >= 11 is 0. The average Bonchev–Trinajstić information content (AvgIpc) is 2.04. The molecule has 0 aliphatic heterocycles. The van der Waals surface area contributed by atoms with Gasteiger partial charge in [0.25, 0.3) is 0 Å². The molecule has 0 spiro atoms. The van der Waals surface area contributed by atoms with Gasteiger partial charge in [0.2, 0.25) is 0 Å². The summed E-state index contributed by atoms with van der Waals surface area (Å²) < 4.78 is 12.8. The molecule has 1 nitrogen and oxygen atoms in total. The van der Waals surface area contributed by atoms with Crippen LogP contribution in [0, 0.1) is 11.9 Å². The van der Waals surface area contributed by atoms with E-state index in [4.69, 9.17) is 0 Å². The molecule has 1 radical (unpaired) electrons. The van der Waals surface area contributed by atoms with Gasteiger partial charge in [0, 0.05) is 5.56 Å². The van der Waals surface area contributed by atoms with E-state index in [9.17, 15) is 9.50 Å². The third kappa shape index (κ3) is 1.77. The second kappa shape index (κ2) is 3.49. The minimum absolute atomic E-state index is 0.100. The van der Waals surface area contributed by atoms with Crippen LogP contribution in [-0.2, 0) is 0 Å². The molecule has 11 heavy (non-hydrogen) atoms. The number of halogens is 1. The lowest BCUT2D eigenvalue weighted by Crippen LogP contribution is -1.98. The maximum Gasteiger partial charge on any atom is 0.129 e. The minimum Gasteiger partial charge on any atom is -0.382 e. The summed E-state index contributed by atoms with van der Waals surface area (Å²) in [5.41, 5.74) is 0.301. The fourth-order valence-corrected chi connectivity index (χ4v) is 0.886. The molecule has 0 unspecified atom stereocenters. The molecule has 0 aromatic heterocycles. The third-order valence-corrected chi connectivity index (χ3v) is 1.52. The van der Waals surface area contributed by atoms with Gasteiger partial charge in [-0.3, -0.25) is 0 Å².